The maximum absolute atomic E-state index is 14.2. The number of anilines is 1. The Hall–Kier alpha value is -3.97. The largest absolute Gasteiger partial charge is 0.354 e. The van der Waals surface area contributed by atoms with E-state index in [1.54, 1.807) is 11.0 Å². The van der Waals surface area contributed by atoms with Gasteiger partial charge in [-0.3, -0.25) is 19.3 Å². The van der Waals surface area contributed by atoms with Crippen molar-refractivity contribution in [3.8, 4) is 0 Å². The number of amides is 3. The van der Waals surface area contributed by atoms with Gasteiger partial charge in [0.2, 0.25) is 11.8 Å². The maximum atomic E-state index is 14.2. The molecule has 0 saturated heterocycles. The molecule has 0 saturated carbocycles. The number of benzene rings is 4. The Morgan fingerprint density at radius 2 is 1.64 bits per heavy atom. The quantitative estimate of drug-likeness (QED) is 0.259. The van der Waals surface area contributed by atoms with E-state index in [2.05, 4.69) is 21.2 Å². The number of carbonyl (C=O) groups excluding carboxylic acids is 3. The number of nitrogens with one attached hydrogen (secondary N) is 1. The van der Waals surface area contributed by atoms with Crippen LogP contribution in [0.3, 0.4) is 0 Å². The maximum Gasteiger partial charge on any atom is 0.259 e. The molecular formula is C32H30BrN3O3. The van der Waals surface area contributed by atoms with Crippen LogP contribution in [0.15, 0.2) is 95.5 Å². The van der Waals surface area contributed by atoms with E-state index in [1.165, 1.54) is 4.90 Å². The predicted octanol–water partition coefficient (Wildman–Crippen LogP) is 5.73. The van der Waals surface area contributed by atoms with Crippen molar-refractivity contribution in [1.29, 1.82) is 0 Å². The number of halogens is 1. The number of carbonyl (C=O) groups is 3. The van der Waals surface area contributed by atoms with Gasteiger partial charge in [0.1, 0.15) is 12.6 Å². The fraction of sp³-hybridized carbons (Fsp3) is 0.219. The van der Waals surface area contributed by atoms with Gasteiger partial charge in [0, 0.05) is 34.9 Å². The molecule has 4 aromatic carbocycles. The monoisotopic (exact) mass is 583 g/mol. The lowest BCUT2D eigenvalue weighted by Gasteiger charge is -2.33. The molecule has 39 heavy (non-hydrogen) atoms. The molecule has 1 heterocycles. The first-order valence-corrected chi connectivity index (χ1v) is 13.9. The molecule has 198 valence electrons. The van der Waals surface area contributed by atoms with Gasteiger partial charge in [-0.15, -0.1) is 0 Å². The first-order valence-electron chi connectivity index (χ1n) is 13.2. The molecular weight excluding hydrogens is 554 g/mol. The highest BCUT2D eigenvalue weighted by molar-refractivity contribution is 9.10. The van der Waals surface area contributed by atoms with Crippen LogP contribution in [0, 0.1) is 0 Å². The number of nitrogens with zero attached hydrogens (tertiary/aromatic N) is 2. The van der Waals surface area contributed by atoms with Gasteiger partial charge in [0.15, 0.2) is 0 Å². The van der Waals surface area contributed by atoms with Crippen LogP contribution >= 0.6 is 15.9 Å². The van der Waals surface area contributed by atoms with E-state index < -0.39 is 6.04 Å². The van der Waals surface area contributed by atoms with Gasteiger partial charge in [0.25, 0.3) is 5.91 Å². The normalized spacial score (nSPS) is 13.0. The van der Waals surface area contributed by atoms with E-state index in [0.29, 0.717) is 18.5 Å². The van der Waals surface area contributed by atoms with E-state index in [-0.39, 0.29) is 30.8 Å². The Bertz CT molecular complexity index is 1520. The molecule has 3 amide bonds. The summed E-state index contributed by atoms with van der Waals surface area (Å²) < 4.78 is 0.888. The van der Waals surface area contributed by atoms with E-state index >= 15 is 0 Å². The average Bonchev–Trinajstić information content (AvgIpc) is 3.22. The first-order chi connectivity index (χ1) is 19.0. The highest BCUT2D eigenvalue weighted by Gasteiger charge is 2.35. The Kier molecular flexibility index (Phi) is 8.07. The van der Waals surface area contributed by atoms with Crippen molar-refractivity contribution in [3.05, 3.63) is 112 Å². The Morgan fingerprint density at radius 1 is 0.923 bits per heavy atom. The minimum Gasteiger partial charge on any atom is -0.354 e. The molecule has 0 fully saturated rings. The molecule has 5 rings (SSSR count). The molecule has 0 aromatic heterocycles. The van der Waals surface area contributed by atoms with E-state index in [0.717, 1.165) is 38.5 Å². The number of hydrogen-bond acceptors (Lipinski definition) is 3. The summed E-state index contributed by atoms with van der Waals surface area (Å²) in [5, 5.41) is 4.81. The van der Waals surface area contributed by atoms with Crippen LogP contribution in [0.1, 0.15) is 34.8 Å². The van der Waals surface area contributed by atoms with Crippen molar-refractivity contribution in [3.63, 3.8) is 0 Å². The molecule has 0 unspecified atom stereocenters. The second kappa shape index (κ2) is 11.8. The summed E-state index contributed by atoms with van der Waals surface area (Å²) >= 11 is 3.52. The number of hydrogen-bond donors (Lipinski definition) is 1. The van der Waals surface area contributed by atoms with Crippen LogP contribution in [0.2, 0.25) is 0 Å². The minimum absolute atomic E-state index is 0.160. The SMILES string of the molecule is CCCNC(=O)[C@@H](Cc1ccccc1)N(Cc1cccc(Br)c1)C(=O)CN1C(=O)c2cccc3cccc1c23. The minimum atomic E-state index is -0.749. The van der Waals surface area contributed by atoms with Crippen LogP contribution in [0.25, 0.3) is 10.8 Å². The molecule has 0 spiro atoms. The zero-order valence-electron chi connectivity index (χ0n) is 21.8. The van der Waals surface area contributed by atoms with Crippen molar-refractivity contribution in [2.24, 2.45) is 0 Å². The molecule has 0 bridgehead atoms. The van der Waals surface area contributed by atoms with Crippen LogP contribution in [0.5, 0.6) is 0 Å². The standard InChI is InChI=1S/C32H30BrN3O3/c1-2-17-34-31(38)28(19-22-9-4-3-5-10-22)35(20-23-11-6-14-25(33)18-23)29(37)21-36-27-16-8-13-24-12-7-15-26(30(24)27)32(36)39/h3-16,18,28H,2,17,19-21H2,1H3,(H,34,38)/t28-/m1/s1. The van der Waals surface area contributed by atoms with E-state index in [1.807, 2.05) is 91.9 Å². The molecule has 1 N–H and O–H groups in total. The summed E-state index contributed by atoms with van der Waals surface area (Å²) in [5.74, 6) is -0.699. The molecule has 4 aromatic rings. The van der Waals surface area contributed by atoms with Crippen molar-refractivity contribution < 1.29 is 14.4 Å². The highest BCUT2D eigenvalue weighted by Crippen LogP contribution is 2.37. The highest BCUT2D eigenvalue weighted by atomic mass is 79.9. The van der Waals surface area contributed by atoms with Crippen molar-refractivity contribution >= 4 is 50.1 Å². The predicted molar refractivity (Wildman–Crippen MR) is 158 cm³/mol. The van der Waals surface area contributed by atoms with Crippen molar-refractivity contribution in [1.82, 2.24) is 10.2 Å². The summed E-state index contributed by atoms with van der Waals surface area (Å²) in [4.78, 5) is 44.3. The molecule has 7 heteroatoms. The van der Waals surface area contributed by atoms with Gasteiger partial charge >= 0.3 is 0 Å². The zero-order chi connectivity index (χ0) is 27.4. The second-order valence-electron chi connectivity index (χ2n) is 9.72. The smallest absolute Gasteiger partial charge is 0.259 e. The zero-order valence-corrected chi connectivity index (χ0v) is 23.4. The third-order valence-corrected chi connectivity index (χ3v) is 7.50. The number of rotatable bonds is 10. The van der Waals surface area contributed by atoms with Gasteiger partial charge in [-0.25, -0.2) is 0 Å². The van der Waals surface area contributed by atoms with Gasteiger partial charge in [-0.05, 0) is 47.2 Å². The van der Waals surface area contributed by atoms with Crippen molar-refractivity contribution in [2.45, 2.75) is 32.4 Å². The summed E-state index contributed by atoms with van der Waals surface area (Å²) in [7, 11) is 0. The van der Waals surface area contributed by atoms with E-state index in [9.17, 15) is 14.4 Å². The fourth-order valence-corrected chi connectivity index (χ4v) is 5.56. The Labute approximate surface area is 236 Å². The van der Waals surface area contributed by atoms with Gasteiger partial charge in [-0.2, -0.15) is 0 Å². The lowest BCUT2D eigenvalue weighted by Crippen LogP contribution is -2.53. The summed E-state index contributed by atoms with van der Waals surface area (Å²) in [5.41, 5.74) is 3.16. The van der Waals surface area contributed by atoms with Crippen LogP contribution < -0.4 is 10.2 Å². The summed E-state index contributed by atoms with van der Waals surface area (Å²) in [6.45, 7) is 2.58. The van der Waals surface area contributed by atoms with Crippen LogP contribution in [-0.2, 0) is 22.6 Å². The van der Waals surface area contributed by atoms with Gasteiger partial charge in [0.05, 0.1) is 5.69 Å². The lowest BCUT2D eigenvalue weighted by molar-refractivity contribution is -0.140. The molecule has 1 aliphatic rings. The molecule has 6 nitrogen and oxygen atoms in total. The molecule has 1 atom stereocenters. The molecule has 1 aliphatic heterocycles. The van der Waals surface area contributed by atoms with Crippen LogP contribution in [0.4, 0.5) is 5.69 Å². The fourth-order valence-electron chi connectivity index (χ4n) is 5.11. The van der Waals surface area contributed by atoms with Crippen molar-refractivity contribution in [2.75, 3.05) is 18.0 Å². The summed E-state index contributed by atoms with van der Waals surface area (Å²) in [6.07, 6.45) is 1.15. The molecule has 0 radical (unpaired) electrons. The second-order valence-corrected chi connectivity index (χ2v) is 10.6. The molecule has 0 aliphatic carbocycles. The lowest BCUT2D eigenvalue weighted by atomic mass is 10.0. The van der Waals surface area contributed by atoms with Gasteiger partial charge in [-0.1, -0.05) is 89.6 Å². The first kappa shape index (κ1) is 26.6. The third-order valence-electron chi connectivity index (χ3n) is 7.00. The van der Waals surface area contributed by atoms with Gasteiger partial charge < -0.3 is 10.2 Å². The summed E-state index contributed by atoms with van der Waals surface area (Å²) in [6, 6.07) is 28.0. The topological polar surface area (TPSA) is 69.7 Å². The Balaban J connectivity index is 1.50. The van der Waals surface area contributed by atoms with E-state index in [4.69, 9.17) is 0 Å². The Morgan fingerprint density at radius 3 is 2.38 bits per heavy atom. The third kappa shape index (κ3) is 5.73. The average molecular weight is 585 g/mol. The van der Waals surface area contributed by atoms with Crippen LogP contribution in [-0.4, -0.2) is 41.8 Å².